The highest BCUT2D eigenvalue weighted by atomic mass is 16.8. The summed E-state index contributed by atoms with van der Waals surface area (Å²) in [5.41, 5.74) is 35.9. The summed E-state index contributed by atoms with van der Waals surface area (Å²) in [6, 6.07) is -2.59. The molecule has 0 aromatic rings. The number of rotatable bonds is 11. The number of hydrogen-bond donors (Lipinski definition) is 10. The van der Waals surface area contributed by atoms with Crippen molar-refractivity contribution in [3.63, 3.8) is 0 Å². The molecular weight excluding hydrogens is 558 g/mol. The number of aliphatic hydroxyl groups excluding tert-OH is 3. The first-order valence-corrected chi connectivity index (χ1v) is 14.7. The van der Waals surface area contributed by atoms with Crippen LogP contribution in [0.3, 0.4) is 0 Å². The van der Waals surface area contributed by atoms with Gasteiger partial charge in [-0.2, -0.15) is 0 Å². The number of carbonyl (C=O) groups excluding carboxylic acids is 1. The van der Waals surface area contributed by atoms with Crippen LogP contribution in [-0.4, -0.2) is 139 Å². The van der Waals surface area contributed by atoms with Crippen molar-refractivity contribution in [3.8, 4) is 0 Å². The molecule has 3 aliphatic heterocycles. The molecule has 17 nitrogen and oxygen atoms in total. The zero-order chi connectivity index (χ0) is 30.6. The fourth-order valence-corrected chi connectivity index (χ4v) is 5.94. The quantitative estimate of drug-likeness (QED) is 0.105. The smallest absolute Gasteiger partial charge is 0.234 e. The molecule has 1 aliphatic carbocycles. The van der Waals surface area contributed by atoms with Crippen molar-refractivity contribution in [2.75, 3.05) is 26.2 Å². The van der Waals surface area contributed by atoms with Crippen molar-refractivity contribution >= 4 is 5.91 Å². The van der Waals surface area contributed by atoms with Gasteiger partial charge in [-0.3, -0.25) is 4.79 Å². The number of nitrogens with two attached hydrogens (primary N) is 6. The maximum absolute atomic E-state index is 12.1. The van der Waals surface area contributed by atoms with Gasteiger partial charge in [0.2, 0.25) is 5.91 Å². The number of nitrogens with one attached hydrogen (secondary N) is 1. The predicted molar refractivity (Wildman–Crippen MR) is 146 cm³/mol. The summed E-state index contributed by atoms with van der Waals surface area (Å²) in [5.74, 6) is -0.502. The number of carbonyl (C=O) groups is 1. The second-order valence-electron chi connectivity index (χ2n) is 11.5. The Hall–Kier alpha value is -1.13. The van der Waals surface area contributed by atoms with E-state index >= 15 is 0 Å². The van der Waals surface area contributed by atoms with E-state index in [1.165, 1.54) is 0 Å². The fraction of sp³-hybridized carbons (Fsp3) is 0.960. The molecule has 15 unspecified atom stereocenters. The lowest BCUT2D eigenvalue weighted by Gasteiger charge is -2.46. The summed E-state index contributed by atoms with van der Waals surface area (Å²) in [5, 5.41) is 35.3. The highest BCUT2D eigenvalue weighted by Gasteiger charge is 2.53. The predicted octanol–water partition coefficient (Wildman–Crippen LogP) is -5.66. The molecule has 17 heteroatoms. The Labute approximate surface area is 244 Å². The van der Waals surface area contributed by atoms with Gasteiger partial charge in [0.15, 0.2) is 18.9 Å². The molecule has 0 aromatic carbocycles. The minimum Gasteiger partial charge on any atom is -0.394 e. The van der Waals surface area contributed by atoms with E-state index in [-0.39, 0.29) is 38.3 Å². The maximum atomic E-state index is 12.1. The lowest BCUT2D eigenvalue weighted by Crippen LogP contribution is -2.67. The second-order valence-corrected chi connectivity index (χ2v) is 11.5. The molecule has 4 rings (SSSR count). The summed E-state index contributed by atoms with van der Waals surface area (Å²) in [6.45, 7) is -0.273. The first-order valence-electron chi connectivity index (χ1n) is 14.7. The van der Waals surface area contributed by atoms with Gasteiger partial charge >= 0.3 is 0 Å². The van der Waals surface area contributed by atoms with Gasteiger partial charge in [-0.1, -0.05) is 0 Å². The highest BCUT2D eigenvalue weighted by molar-refractivity contribution is 5.78. The Morgan fingerprint density at radius 1 is 0.738 bits per heavy atom. The molecule has 4 fully saturated rings. The molecular formula is C25H49N7O10. The van der Waals surface area contributed by atoms with Crippen LogP contribution in [0, 0.1) is 0 Å². The Bertz CT molecular complexity index is 866. The Kier molecular flexibility index (Phi) is 12.2. The van der Waals surface area contributed by atoms with Gasteiger partial charge in [-0.25, -0.2) is 0 Å². The van der Waals surface area contributed by atoms with Gasteiger partial charge in [0, 0.05) is 19.1 Å². The van der Waals surface area contributed by atoms with E-state index in [0.29, 0.717) is 25.7 Å². The van der Waals surface area contributed by atoms with Crippen LogP contribution >= 0.6 is 0 Å². The summed E-state index contributed by atoms with van der Waals surface area (Å²) >= 11 is 0. The Morgan fingerprint density at radius 2 is 1.29 bits per heavy atom. The van der Waals surface area contributed by atoms with Crippen LogP contribution in [-0.2, 0) is 33.2 Å². The molecule has 16 N–H and O–H groups in total. The van der Waals surface area contributed by atoms with Crippen LogP contribution in [0.15, 0.2) is 0 Å². The molecule has 3 saturated heterocycles. The van der Waals surface area contributed by atoms with Gasteiger partial charge in [-0.15, -0.1) is 0 Å². The van der Waals surface area contributed by atoms with Crippen molar-refractivity contribution in [3.05, 3.63) is 0 Å². The largest absolute Gasteiger partial charge is 0.394 e. The normalized spacial score (nSPS) is 46.5. The monoisotopic (exact) mass is 607 g/mol. The fourth-order valence-electron chi connectivity index (χ4n) is 5.94. The van der Waals surface area contributed by atoms with Crippen LogP contribution in [0.1, 0.15) is 32.1 Å². The summed E-state index contributed by atoms with van der Waals surface area (Å²) < 4.78 is 36.0. The van der Waals surface area contributed by atoms with E-state index in [0.717, 1.165) is 0 Å². The summed E-state index contributed by atoms with van der Waals surface area (Å²) in [7, 11) is 0. The zero-order valence-electron chi connectivity index (χ0n) is 23.7. The molecule has 1 amide bonds. The molecule has 1 saturated carbocycles. The highest BCUT2D eigenvalue weighted by Crippen LogP contribution is 2.34. The molecule has 4 aliphatic rings. The minimum atomic E-state index is -1.44. The molecule has 42 heavy (non-hydrogen) atoms. The van der Waals surface area contributed by atoms with Gasteiger partial charge in [0.25, 0.3) is 0 Å². The van der Waals surface area contributed by atoms with Crippen molar-refractivity contribution in [2.24, 2.45) is 34.4 Å². The first-order chi connectivity index (χ1) is 20.1. The first kappa shape index (κ1) is 33.8. The maximum Gasteiger partial charge on any atom is 0.234 e. The summed E-state index contributed by atoms with van der Waals surface area (Å²) in [4.78, 5) is 12.1. The molecule has 244 valence electrons. The van der Waals surface area contributed by atoms with Crippen molar-refractivity contribution in [1.82, 2.24) is 5.32 Å². The second kappa shape index (κ2) is 15.2. The van der Waals surface area contributed by atoms with Crippen molar-refractivity contribution in [1.29, 1.82) is 0 Å². The van der Waals surface area contributed by atoms with Crippen LogP contribution in [0.4, 0.5) is 0 Å². The van der Waals surface area contributed by atoms with Crippen LogP contribution in [0.2, 0.25) is 0 Å². The number of amides is 1. The number of ether oxygens (including phenoxy) is 6. The average Bonchev–Trinajstić information content (AvgIpc) is 3.28. The number of aliphatic hydroxyl groups is 3. The molecule has 0 spiro atoms. The van der Waals surface area contributed by atoms with Crippen LogP contribution in [0.5, 0.6) is 0 Å². The van der Waals surface area contributed by atoms with Gasteiger partial charge in [-0.05, 0) is 32.1 Å². The Balaban J connectivity index is 1.52. The third kappa shape index (κ3) is 7.74. The summed E-state index contributed by atoms with van der Waals surface area (Å²) in [6.07, 6.45) is -8.22. The van der Waals surface area contributed by atoms with Gasteiger partial charge in [0.05, 0.1) is 43.5 Å². The van der Waals surface area contributed by atoms with Crippen molar-refractivity contribution < 1.29 is 48.5 Å². The van der Waals surface area contributed by atoms with E-state index in [2.05, 4.69) is 5.32 Å². The standard InChI is InChI=1S/C25H49N7O10/c26-6-10-1-3-12(29)23(37-10)40-20-14(31)5-15(32-17(34)8-28)18(35)22(20)42-25-19(36)21(16(9-33)39-25)41-24-13(30)4-2-11(7-27)38-24/h10-16,18-25,33,35-36H,1-9,26-31H2,(H,32,34). The average molecular weight is 608 g/mol. The van der Waals surface area contributed by atoms with E-state index in [4.69, 9.17) is 62.8 Å². The number of hydrogen-bond acceptors (Lipinski definition) is 16. The Morgan fingerprint density at radius 3 is 1.81 bits per heavy atom. The lowest BCUT2D eigenvalue weighted by atomic mass is 9.83. The van der Waals surface area contributed by atoms with Crippen LogP contribution in [0.25, 0.3) is 0 Å². The van der Waals surface area contributed by atoms with Gasteiger partial charge in [0.1, 0.15) is 36.6 Å². The third-order valence-electron chi connectivity index (χ3n) is 8.42. The molecule has 15 atom stereocenters. The SMILES string of the molecule is NCC(=O)NC1CC(N)C(OC2OC(CN)CCC2N)C(OC2OC(CO)C(OC3OC(CN)CCC3N)C2O)C1O. The third-order valence-corrected chi connectivity index (χ3v) is 8.42. The van der Waals surface area contributed by atoms with E-state index in [1.807, 2.05) is 0 Å². The molecule has 0 aromatic heterocycles. The lowest BCUT2D eigenvalue weighted by molar-refractivity contribution is -0.288. The van der Waals surface area contributed by atoms with Crippen LogP contribution < -0.4 is 39.7 Å². The molecule has 0 radical (unpaired) electrons. The van der Waals surface area contributed by atoms with E-state index < -0.39 is 92.2 Å². The molecule has 3 heterocycles. The zero-order valence-corrected chi connectivity index (χ0v) is 23.7. The van der Waals surface area contributed by atoms with Crippen molar-refractivity contribution in [2.45, 2.75) is 124 Å². The van der Waals surface area contributed by atoms with Gasteiger partial charge < -0.3 is 83.5 Å². The minimum absolute atomic E-state index is 0.123. The molecule has 0 bridgehead atoms. The topological polar surface area (TPSA) is 301 Å². The van der Waals surface area contributed by atoms with E-state index in [9.17, 15) is 20.1 Å². The van der Waals surface area contributed by atoms with E-state index in [1.54, 1.807) is 0 Å².